The van der Waals surface area contributed by atoms with Gasteiger partial charge in [-0.25, -0.2) is 0 Å². The van der Waals surface area contributed by atoms with Crippen LogP contribution >= 0.6 is 0 Å². The van der Waals surface area contributed by atoms with E-state index < -0.39 is 0 Å². The second-order valence-electron chi connectivity index (χ2n) is 7.19. The number of hydrogen-bond donors (Lipinski definition) is 2. The monoisotopic (exact) mass is 284 g/mol. The van der Waals surface area contributed by atoms with Crippen molar-refractivity contribution in [2.75, 3.05) is 20.3 Å². The first-order valence-corrected chi connectivity index (χ1v) is 7.80. The average Bonchev–Trinajstić information content (AvgIpc) is 2.73. The van der Waals surface area contributed by atoms with Gasteiger partial charge in [-0.3, -0.25) is 4.79 Å². The molecule has 4 nitrogen and oxygen atoms in total. The largest absolute Gasteiger partial charge is 0.384 e. The molecule has 1 saturated carbocycles. The molecule has 0 saturated heterocycles. The van der Waals surface area contributed by atoms with Gasteiger partial charge in [0.15, 0.2) is 0 Å². The Kier molecular flexibility index (Phi) is 6.46. The minimum atomic E-state index is -0.164. The third-order valence-corrected chi connectivity index (χ3v) is 4.27. The van der Waals surface area contributed by atoms with Crippen LogP contribution in [-0.4, -0.2) is 37.7 Å². The van der Waals surface area contributed by atoms with Crippen LogP contribution in [0.1, 0.15) is 59.8 Å². The molecule has 1 aliphatic carbocycles. The molecule has 2 N–H and O–H groups in total. The highest BCUT2D eigenvalue weighted by atomic mass is 16.5. The van der Waals surface area contributed by atoms with E-state index in [1.54, 1.807) is 14.0 Å². The predicted octanol–water partition coefficient (Wildman–Crippen LogP) is 2.48. The summed E-state index contributed by atoms with van der Waals surface area (Å²) in [4.78, 5) is 11.2. The Hall–Kier alpha value is -0.610. The Morgan fingerprint density at radius 1 is 1.35 bits per heavy atom. The van der Waals surface area contributed by atoms with Gasteiger partial charge in [0.05, 0.1) is 6.61 Å². The highest BCUT2D eigenvalue weighted by Crippen LogP contribution is 2.37. The van der Waals surface area contributed by atoms with Gasteiger partial charge in [-0.15, -0.1) is 0 Å². The van der Waals surface area contributed by atoms with Gasteiger partial charge in [0.25, 0.3) is 0 Å². The SMILES string of the molecule is COCC1(CN[C@@H](C)CC(C)(C)NC(C)=O)CCCC1. The van der Waals surface area contributed by atoms with Crippen LogP contribution in [0.5, 0.6) is 0 Å². The van der Waals surface area contributed by atoms with Crippen molar-refractivity contribution >= 4 is 5.91 Å². The molecule has 118 valence electrons. The Balaban J connectivity index is 2.41. The first-order chi connectivity index (χ1) is 9.29. The number of nitrogens with one attached hydrogen (secondary N) is 2. The summed E-state index contributed by atoms with van der Waals surface area (Å²) in [7, 11) is 1.80. The lowest BCUT2D eigenvalue weighted by Gasteiger charge is -2.33. The zero-order valence-electron chi connectivity index (χ0n) is 13.8. The van der Waals surface area contributed by atoms with E-state index in [1.165, 1.54) is 25.7 Å². The van der Waals surface area contributed by atoms with Gasteiger partial charge >= 0.3 is 0 Å². The van der Waals surface area contributed by atoms with Crippen molar-refractivity contribution in [2.24, 2.45) is 5.41 Å². The van der Waals surface area contributed by atoms with E-state index in [2.05, 4.69) is 31.4 Å². The summed E-state index contributed by atoms with van der Waals surface area (Å²) in [5.74, 6) is 0.0360. The predicted molar refractivity (Wildman–Crippen MR) is 82.8 cm³/mol. The molecule has 0 bridgehead atoms. The first kappa shape index (κ1) is 17.4. The highest BCUT2D eigenvalue weighted by Gasteiger charge is 2.34. The van der Waals surface area contributed by atoms with Crippen molar-refractivity contribution in [2.45, 2.75) is 71.4 Å². The molecule has 1 rings (SSSR count). The van der Waals surface area contributed by atoms with Crippen molar-refractivity contribution in [3.8, 4) is 0 Å². The van der Waals surface area contributed by atoms with Crippen molar-refractivity contribution < 1.29 is 9.53 Å². The van der Waals surface area contributed by atoms with Crippen LogP contribution in [-0.2, 0) is 9.53 Å². The van der Waals surface area contributed by atoms with E-state index in [4.69, 9.17) is 4.74 Å². The van der Waals surface area contributed by atoms with E-state index in [0.717, 1.165) is 19.6 Å². The molecule has 1 fully saturated rings. The molecule has 20 heavy (non-hydrogen) atoms. The van der Waals surface area contributed by atoms with Crippen molar-refractivity contribution in [1.82, 2.24) is 10.6 Å². The molecular formula is C16H32N2O2. The maximum atomic E-state index is 11.2. The minimum Gasteiger partial charge on any atom is -0.384 e. The minimum absolute atomic E-state index is 0.0360. The van der Waals surface area contributed by atoms with Crippen molar-refractivity contribution in [3.05, 3.63) is 0 Å². The molecule has 0 aliphatic heterocycles. The summed E-state index contributed by atoms with van der Waals surface area (Å²) in [5.41, 5.74) is 0.156. The smallest absolute Gasteiger partial charge is 0.217 e. The second kappa shape index (κ2) is 7.41. The summed E-state index contributed by atoms with van der Waals surface area (Å²) in [6, 6.07) is 0.381. The summed E-state index contributed by atoms with van der Waals surface area (Å²) in [5, 5.41) is 6.66. The van der Waals surface area contributed by atoms with Crippen LogP contribution in [0.2, 0.25) is 0 Å². The Labute approximate surface area is 124 Å². The topological polar surface area (TPSA) is 50.4 Å². The van der Waals surface area contributed by atoms with E-state index >= 15 is 0 Å². The summed E-state index contributed by atoms with van der Waals surface area (Å²) in [6.45, 7) is 9.78. The number of carbonyl (C=O) groups excluding carboxylic acids is 1. The first-order valence-electron chi connectivity index (χ1n) is 7.80. The van der Waals surface area contributed by atoms with E-state index in [1.807, 2.05) is 0 Å². The van der Waals surface area contributed by atoms with Crippen LogP contribution in [0.3, 0.4) is 0 Å². The molecule has 0 aromatic carbocycles. The molecule has 0 aromatic heterocycles. The molecule has 1 aliphatic rings. The Morgan fingerprint density at radius 3 is 2.45 bits per heavy atom. The summed E-state index contributed by atoms with van der Waals surface area (Å²) >= 11 is 0. The number of rotatable bonds is 8. The fourth-order valence-electron chi connectivity index (χ4n) is 3.56. The fraction of sp³-hybridized carbons (Fsp3) is 0.938. The highest BCUT2D eigenvalue weighted by molar-refractivity contribution is 5.73. The Morgan fingerprint density at radius 2 is 1.95 bits per heavy atom. The lowest BCUT2D eigenvalue weighted by Crippen LogP contribution is -2.48. The van der Waals surface area contributed by atoms with Gasteiger partial charge in [0, 0.05) is 37.6 Å². The lowest BCUT2D eigenvalue weighted by atomic mass is 9.86. The van der Waals surface area contributed by atoms with Crippen molar-refractivity contribution in [3.63, 3.8) is 0 Å². The summed E-state index contributed by atoms with van der Waals surface area (Å²) < 4.78 is 5.42. The number of methoxy groups -OCH3 is 1. The molecule has 0 spiro atoms. The molecular weight excluding hydrogens is 252 g/mol. The normalized spacial score (nSPS) is 19.9. The molecule has 4 heteroatoms. The van der Waals surface area contributed by atoms with Gasteiger partial charge in [-0.05, 0) is 40.0 Å². The number of amides is 1. The summed E-state index contributed by atoms with van der Waals surface area (Å²) in [6.07, 6.45) is 6.08. The number of ether oxygens (including phenoxy) is 1. The van der Waals surface area contributed by atoms with Crippen molar-refractivity contribution in [1.29, 1.82) is 0 Å². The number of carbonyl (C=O) groups is 1. The molecule has 0 aromatic rings. The van der Waals surface area contributed by atoms with Crippen LogP contribution < -0.4 is 10.6 Å². The fourth-order valence-corrected chi connectivity index (χ4v) is 3.56. The average molecular weight is 284 g/mol. The molecule has 0 radical (unpaired) electrons. The lowest BCUT2D eigenvalue weighted by molar-refractivity contribution is -0.120. The maximum Gasteiger partial charge on any atom is 0.217 e. The number of hydrogen-bond acceptors (Lipinski definition) is 3. The van der Waals surface area contributed by atoms with Crippen LogP contribution in [0, 0.1) is 5.41 Å². The Bertz CT molecular complexity index is 310. The zero-order valence-corrected chi connectivity index (χ0v) is 13.8. The van der Waals surface area contributed by atoms with Crippen LogP contribution in [0.15, 0.2) is 0 Å². The van der Waals surface area contributed by atoms with Crippen LogP contribution in [0.25, 0.3) is 0 Å². The zero-order chi connectivity index (χ0) is 15.2. The third kappa shape index (κ3) is 5.80. The van der Waals surface area contributed by atoms with E-state index in [-0.39, 0.29) is 11.4 Å². The van der Waals surface area contributed by atoms with Gasteiger partial charge in [-0.1, -0.05) is 12.8 Å². The molecule has 1 atom stereocenters. The van der Waals surface area contributed by atoms with Gasteiger partial charge < -0.3 is 15.4 Å². The molecule has 0 heterocycles. The quantitative estimate of drug-likeness (QED) is 0.720. The van der Waals surface area contributed by atoms with Gasteiger partial charge in [0.1, 0.15) is 0 Å². The van der Waals surface area contributed by atoms with Gasteiger partial charge in [-0.2, -0.15) is 0 Å². The molecule has 1 amide bonds. The molecule has 0 unspecified atom stereocenters. The maximum absolute atomic E-state index is 11.2. The third-order valence-electron chi connectivity index (χ3n) is 4.27. The standard InChI is InChI=1S/C16H32N2O2/c1-13(10-15(3,4)18-14(2)19)17-11-16(12-20-5)8-6-7-9-16/h13,17H,6-12H2,1-5H3,(H,18,19)/t13-/m0/s1. The van der Waals surface area contributed by atoms with E-state index in [9.17, 15) is 4.79 Å². The van der Waals surface area contributed by atoms with Crippen LogP contribution in [0.4, 0.5) is 0 Å². The van der Waals surface area contributed by atoms with E-state index in [0.29, 0.717) is 11.5 Å². The van der Waals surface area contributed by atoms with Gasteiger partial charge in [0.2, 0.25) is 5.91 Å². The second-order valence-corrected chi connectivity index (χ2v) is 7.19.